The van der Waals surface area contributed by atoms with E-state index in [1.165, 1.54) is 9.80 Å². The van der Waals surface area contributed by atoms with Gasteiger partial charge in [-0.25, -0.2) is 13.2 Å². The van der Waals surface area contributed by atoms with Gasteiger partial charge in [-0.2, -0.15) is 5.26 Å². The van der Waals surface area contributed by atoms with Gasteiger partial charge in [-0.3, -0.25) is 9.59 Å². The second-order valence-electron chi connectivity index (χ2n) is 7.69. The van der Waals surface area contributed by atoms with E-state index in [9.17, 15) is 22.8 Å². The van der Waals surface area contributed by atoms with Crippen LogP contribution in [0.15, 0.2) is 12.1 Å². The predicted octanol–water partition coefficient (Wildman–Crippen LogP) is 1.74. The number of nitrogens with zero attached hydrogens (tertiary/aromatic N) is 3. The summed E-state index contributed by atoms with van der Waals surface area (Å²) in [5, 5.41) is 11.4. The van der Waals surface area contributed by atoms with E-state index in [1.807, 2.05) is 6.07 Å². The second-order valence-corrected chi connectivity index (χ2v) is 8.07. The molecule has 10 heteroatoms. The first-order chi connectivity index (χ1) is 13.8. The zero-order valence-electron chi connectivity index (χ0n) is 15.2. The molecule has 2 amide bonds. The summed E-state index contributed by atoms with van der Waals surface area (Å²) in [5.74, 6) is -2.60. The molecule has 4 unspecified atom stereocenters. The summed E-state index contributed by atoms with van der Waals surface area (Å²) in [6.07, 6.45) is -1.14. The van der Waals surface area contributed by atoms with Crippen LogP contribution in [0.3, 0.4) is 0 Å². The highest BCUT2D eigenvalue weighted by atomic mass is 35.5. The molecule has 0 spiro atoms. The molecule has 1 N–H and O–H groups in total. The first-order valence-electron chi connectivity index (χ1n) is 9.31. The van der Waals surface area contributed by atoms with Crippen molar-refractivity contribution in [2.45, 2.75) is 24.7 Å². The van der Waals surface area contributed by atoms with Gasteiger partial charge in [0.25, 0.3) is 5.91 Å². The molecule has 1 aromatic carbocycles. The van der Waals surface area contributed by atoms with E-state index < -0.39 is 34.8 Å². The van der Waals surface area contributed by atoms with Crippen LogP contribution >= 0.6 is 11.6 Å². The Morgan fingerprint density at radius 2 is 1.93 bits per heavy atom. The predicted molar refractivity (Wildman–Crippen MR) is 96.7 cm³/mol. The Balaban J connectivity index is 1.29. The van der Waals surface area contributed by atoms with E-state index >= 15 is 0 Å². The van der Waals surface area contributed by atoms with Crippen LogP contribution in [0.1, 0.15) is 16.8 Å². The standard InChI is InChI=1S/C19H18ClF3N4O2/c20-16-14(22)2-1-11(17(16)23)19(29)26-7-12-13(8-26)18(12)25-5-15(28)27-6-9(21)3-10(27)4-24/h1-2,9-10,12-13,18,25H,3,5-8H2. The van der Waals surface area contributed by atoms with E-state index in [2.05, 4.69) is 5.32 Å². The lowest BCUT2D eigenvalue weighted by Gasteiger charge is -2.22. The number of nitrogens with one attached hydrogen (secondary N) is 1. The molecular formula is C19H18ClF3N4O2. The van der Waals surface area contributed by atoms with E-state index in [0.717, 1.165) is 12.1 Å². The van der Waals surface area contributed by atoms with Gasteiger partial charge in [0.05, 0.1) is 24.7 Å². The van der Waals surface area contributed by atoms with Gasteiger partial charge >= 0.3 is 0 Å². The van der Waals surface area contributed by atoms with E-state index in [4.69, 9.17) is 16.9 Å². The second kappa shape index (κ2) is 7.50. The highest BCUT2D eigenvalue weighted by Gasteiger charge is 2.56. The Hall–Kier alpha value is -2.31. The van der Waals surface area contributed by atoms with Crippen molar-refractivity contribution in [1.29, 1.82) is 5.26 Å². The number of fused-ring (bicyclic) bond motifs is 1. The van der Waals surface area contributed by atoms with Gasteiger partial charge in [-0.1, -0.05) is 11.6 Å². The zero-order chi connectivity index (χ0) is 20.9. The van der Waals surface area contributed by atoms with Crippen LogP contribution in [0.5, 0.6) is 0 Å². The molecule has 1 aromatic rings. The SMILES string of the molecule is N#CC1CC(F)CN1C(=O)CNC1C2CN(C(=O)c3ccc(F)c(Cl)c3F)CC21. The summed E-state index contributed by atoms with van der Waals surface area (Å²) < 4.78 is 40.8. The van der Waals surface area contributed by atoms with Gasteiger partial charge in [0, 0.05) is 25.6 Å². The Morgan fingerprint density at radius 3 is 2.59 bits per heavy atom. The minimum atomic E-state index is -1.18. The average molecular weight is 427 g/mol. The first-order valence-corrected chi connectivity index (χ1v) is 9.69. The summed E-state index contributed by atoms with van der Waals surface area (Å²) >= 11 is 5.54. The first kappa shape index (κ1) is 20.0. The molecule has 3 aliphatic rings. The number of hydrogen-bond acceptors (Lipinski definition) is 4. The van der Waals surface area contributed by atoms with Crippen molar-refractivity contribution in [2.75, 3.05) is 26.2 Å². The van der Waals surface area contributed by atoms with Gasteiger partial charge in [0.15, 0.2) is 5.82 Å². The molecule has 0 aromatic heterocycles. The number of carbonyl (C=O) groups is 2. The summed E-state index contributed by atoms with van der Waals surface area (Å²) in [7, 11) is 0. The van der Waals surface area contributed by atoms with E-state index in [0.29, 0.717) is 13.1 Å². The molecule has 4 atom stereocenters. The van der Waals surface area contributed by atoms with Gasteiger partial charge in [-0.15, -0.1) is 0 Å². The lowest BCUT2D eigenvalue weighted by atomic mass is 10.1. The quantitative estimate of drug-likeness (QED) is 0.744. The fourth-order valence-electron chi connectivity index (χ4n) is 4.35. The Labute approximate surface area is 170 Å². The van der Waals surface area contributed by atoms with Gasteiger partial charge in [0.2, 0.25) is 5.91 Å². The fourth-order valence-corrected chi connectivity index (χ4v) is 4.51. The molecular weight excluding hydrogens is 409 g/mol. The van der Waals surface area contributed by atoms with Crippen molar-refractivity contribution in [2.24, 2.45) is 11.8 Å². The van der Waals surface area contributed by atoms with Crippen LogP contribution in [-0.4, -0.2) is 66.0 Å². The number of halogens is 4. The molecule has 1 aliphatic carbocycles. The zero-order valence-corrected chi connectivity index (χ0v) is 16.0. The molecule has 3 fully saturated rings. The lowest BCUT2D eigenvalue weighted by Crippen LogP contribution is -2.43. The maximum atomic E-state index is 14.1. The smallest absolute Gasteiger partial charge is 0.256 e. The molecule has 1 saturated carbocycles. The highest BCUT2D eigenvalue weighted by Crippen LogP contribution is 2.46. The van der Waals surface area contributed by atoms with Crippen molar-refractivity contribution in [3.63, 3.8) is 0 Å². The van der Waals surface area contributed by atoms with Crippen molar-refractivity contribution < 1.29 is 22.8 Å². The number of alkyl halides is 1. The van der Waals surface area contributed by atoms with Crippen LogP contribution in [0.25, 0.3) is 0 Å². The third-order valence-corrected chi connectivity index (χ3v) is 6.30. The van der Waals surface area contributed by atoms with Gasteiger partial charge in [-0.05, 0) is 24.0 Å². The Bertz CT molecular complexity index is 896. The number of benzene rings is 1. The maximum Gasteiger partial charge on any atom is 0.256 e. The molecule has 0 radical (unpaired) electrons. The minimum absolute atomic E-state index is 0.00128. The van der Waals surface area contributed by atoms with Gasteiger partial charge < -0.3 is 15.1 Å². The summed E-state index contributed by atoms with van der Waals surface area (Å²) in [5.41, 5.74) is -0.269. The Morgan fingerprint density at radius 1 is 1.24 bits per heavy atom. The van der Waals surface area contributed by atoms with Crippen molar-refractivity contribution in [3.05, 3.63) is 34.4 Å². The number of likely N-dealkylation sites (tertiary alicyclic amines) is 2. The van der Waals surface area contributed by atoms with Crippen molar-refractivity contribution in [3.8, 4) is 6.07 Å². The molecule has 2 saturated heterocycles. The average Bonchev–Trinajstić information content (AvgIpc) is 3.03. The summed E-state index contributed by atoms with van der Waals surface area (Å²) in [6, 6.07) is 3.29. The summed E-state index contributed by atoms with van der Waals surface area (Å²) in [4.78, 5) is 27.5. The molecule has 4 rings (SSSR count). The topological polar surface area (TPSA) is 76.4 Å². The third kappa shape index (κ3) is 3.55. The molecule has 29 heavy (non-hydrogen) atoms. The number of nitriles is 1. The van der Waals surface area contributed by atoms with Gasteiger partial charge in [0.1, 0.15) is 23.1 Å². The van der Waals surface area contributed by atoms with E-state index in [1.54, 1.807) is 0 Å². The van der Waals surface area contributed by atoms with Crippen LogP contribution < -0.4 is 5.32 Å². The van der Waals surface area contributed by atoms with Crippen LogP contribution in [0, 0.1) is 34.8 Å². The van der Waals surface area contributed by atoms with Crippen molar-refractivity contribution in [1.82, 2.24) is 15.1 Å². The molecule has 2 heterocycles. The minimum Gasteiger partial charge on any atom is -0.338 e. The van der Waals surface area contributed by atoms with Crippen LogP contribution in [-0.2, 0) is 4.79 Å². The monoisotopic (exact) mass is 426 g/mol. The van der Waals surface area contributed by atoms with E-state index in [-0.39, 0.29) is 48.9 Å². The van der Waals surface area contributed by atoms with Crippen LogP contribution in [0.4, 0.5) is 13.2 Å². The largest absolute Gasteiger partial charge is 0.338 e. The molecule has 6 nitrogen and oxygen atoms in total. The summed E-state index contributed by atoms with van der Waals surface area (Å²) in [6.45, 7) is 0.713. The fraction of sp³-hybridized carbons (Fsp3) is 0.526. The molecule has 0 bridgehead atoms. The number of amides is 2. The third-order valence-electron chi connectivity index (χ3n) is 5.96. The number of carbonyl (C=O) groups excluding carboxylic acids is 2. The molecule has 2 aliphatic heterocycles. The number of piperidine rings is 1. The normalized spacial score (nSPS) is 30.2. The van der Waals surface area contributed by atoms with Crippen LogP contribution in [0.2, 0.25) is 5.02 Å². The molecule has 154 valence electrons. The van der Waals surface area contributed by atoms with Crippen molar-refractivity contribution >= 4 is 23.4 Å². The Kier molecular flexibility index (Phi) is 5.17. The lowest BCUT2D eigenvalue weighted by molar-refractivity contribution is -0.130. The number of rotatable bonds is 4. The highest BCUT2D eigenvalue weighted by molar-refractivity contribution is 6.31. The maximum absolute atomic E-state index is 14.1. The number of hydrogen-bond donors (Lipinski definition) is 1.